The van der Waals surface area contributed by atoms with E-state index in [4.69, 9.17) is 9.72 Å². The number of nitrogens with one attached hydrogen (secondary N) is 1. The van der Waals surface area contributed by atoms with Crippen molar-refractivity contribution in [1.82, 2.24) is 14.9 Å². The smallest absolute Gasteiger partial charge is 0.255 e. The normalized spacial score (nSPS) is 15.1. The Labute approximate surface area is 149 Å². The summed E-state index contributed by atoms with van der Waals surface area (Å²) in [6, 6.07) is 6.08. The number of aryl methyl sites for hydroxylation is 1. The van der Waals surface area contributed by atoms with E-state index in [0.29, 0.717) is 13.3 Å². The van der Waals surface area contributed by atoms with Crippen LogP contribution in [0.5, 0.6) is 5.75 Å². The largest absolute Gasteiger partial charge is 0.478 e. The predicted molar refractivity (Wildman–Crippen MR) is 99.1 cm³/mol. The average Bonchev–Trinajstić information content (AvgIpc) is 2.55. The topological polar surface area (TPSA) is 58.2 Å². The van der Waals surface area contributed by atoms with Crippen LogP contribution in [-0.4, -0.2) is 28.1 Å². The second kappa shape index (κ2) is 6.64. The molecule has 1 aliphatic heterocycles. The van der Waals surface area contributed by atoms with Gasteiger partial charge in [-0.2, -0.15) is 0 Å². The number of hydrogen-bond acceptors (Lipinski definition) is 4. The molecule has 1 aliphatic rings. The van der Waals surface area contributed by atoms with Gasteiger partial charge < -0.3 is 9.72 Å². The minimum Gasteiger partial charge on any atom is -0.478 e. The number of nitrogens with zero attached hydrogens (tertiary/aromatic N) is 2. The van der Waals surface area contributed by atoms with Crippen LogP contribution in [0.3, 0.4) is 0 Å². The van der Waals surface area contributed by atoms with E-state index in [2.05, 4.69) is 50.6 Å². The zero-order valence-electron chi connectivity index (χ0n) is 15.8. The van der Waals surface area contributed by atoms with Crippen LogP contribution in [0.25, 0.3) is 0 Å². The maximum atomic E-state index is 12.5. The van der Waals surface area contributed by atoms with Crippen LogP contribution >= 0.6 is 0 Å². The zero-order valence-corrected chi connectivity index (χ0v) is 15.8. The van der Waals surface area contributed by atoms with Crippen molar-refractivity contribution in [3.63, 3.8) is 0 Å². The highest BCUT2D eigenvalue weighted by atomic mass is 16.5. The maximum Gasteiger partial charge on any atom is 0.255 e. The van der Waals surface area contributed by atoms with Crippen LogP contribution in [0.1, 0.15) is 49.0 Å². The molecule has 0 saturated carbocycles. The van der Waals surface area contributed by atoms with Gasteiger partial charge in [0.15, 0.2) is 0 Å². The van der Waals surface area contributed by atoms with Crippen LogP contribution in [0.15, 0.2) is 23.0 Å². The molecule has 5 nitrogen and oxygen atoms in total. The summed E-state index contributed by atoms with van der Waals surface area (Å²) < 4.78 is 5.98. The Balaban J connectivity index is 1.73. The molecule has 25 heavy (non-hydrogen) atoms. The molecular weight excluding hydrogens is 314 g/mol. The van der Waals surface area contributed by atoms with Gasteiger partial charge in [0.1, 0.15) is 18.3 Å². The molecule has 0 aliphatic carbocycles. The molecule has 2 aromatic rings. The highest BCUT2D eigenvalue weighted by molar-refractivity contribution is 5.38. The van der Waals surface area contributed by atoms with Gasteiger partial charge >= 0.3 is 0 Å². The van der Waals surface area contributed by atoms with E-state index in [1.54, 1.807) is 0 Å². The molecule has 1 aromatic heterocycles. The van der Waals surface area contributed by atoms with Crippen LogP contribution in [0.2, 0.25) is 0 Å². The van der Waals surface area contributed by atoms with E-state index in [-0.39, 0.29) is 11.0 Å². The number of fused-ring (bicyclic) bond motifs is 1. The Kier molecular flexibility index (Phi) is 4.69. The molecule has 0 fully saturated rings. The molecule has 2 heterocycles. The van der Waals surface area contributed by atoms with Crippen LogP contribution < -0.4 is 10.3 Å². The molecule has 0 radical (unpaired) electrons. The summed E-state index contributed by atoms with van der Waals surface area (Å²) in [6.07, 6.45) is 0.776. The van der Waals surface area contributed by atoms with Crippen molar-refractivity contribution in [2.45, 2.75) is 53.0 Å². The minimum atomic E-state index is -0.156. The molecule has 3 rings (SSSR count). The van der Waals surface area contributed by atoms with Crippen molar-refractivity contribution in [1.29, 1.82) is 0 Å². The third-order valence-corrected chi connectivity index (χ3v) is 4.82. The molecule has 0 bridgehead atoms. The van der Waals surface area contributed by atoms with Gasteiger partial charge in [-0.15, -0.1) is 0 Å². The Hall–Kier alpha value is -2.14. The van der Waals surface area contributed by atoms with Gasteiger partial charge in [-0.3, -0.25) is 9.69 Å². The molecule has 1 aromatic carbocycles. The van der Waals surface area contributed by atoms with Crippen LogP contribution in [0, 0.1) is 13.8 Å². The number of H-pyrrole nitrogens is 1. The summed E-state index contributed by atoms with van der Waals surface area (Å²) in [5.41, 5.74) is 3.90. The second-order valence-corrected chi connectivity index (χ2v) is 7.86. The summed E-state index contributed by atoms with van der Waals surface area (Å²) in [5, 5.41) is 0. The molecule has 0 saturated heterocycles. The van der Waals surface area contributed by atoms with Gasteiger partial charge in [0.25, 0.3) is 5.56 Å². The molecule has 134 valence electrons. The van der Waals surface area contributed by atoms with Crippen LogP contribution in [0.4, 0.5) is 0 Å². The van der Waals surface area contributed by atoms with E-state index in [1.165, 1.54) is 5.56 Å². The van der Waals surface area contributed by atoms with Gasteiger partial charge in [-0.05, 0) is 31.0 Å². The van der Waals surface area contributed by atoms with E-state index in [9.17, 15) is 4.79 Å². The molecule has 0 amide bonds. The number of aromatic amines is 1. The minimum absolute atomic E-state index is 0.0219. The maximum absolute atomic E-state index is 12.5. The fraction of sp³-hybridized carbons (Fsp3) is 0.500. The van der Waals surface area contributed by atoms with Crippen molar-refractivity contribution >= 4 is 0 Å². The Morgan fingerprint density at radius 1 is 1.28 bits per heavy atom. The SMILES string of the molecule is Cc1cccc(OCN2CCc3nc(C(C)(C)C)[nH]c(=O)c3C2)c1C. The van der Waals surface area contributed by atoms with E-state index in [0.717, 1.165) is 41.4 Å². The summed E-state index contributed by atoms with van der Waals surface area (Å²) >= 11 is 0. The van der Waals surface area contributed by atoms with Gasteiger partial charge in [0.05, 0.1) is 11.3 Å². The third kappa shape index (κ3) is 3.76. The lowest BCUT2D eigenvalue weighted by molar-refractivity contribution is 0.111. The zero-order chi connectivity index (χ0) is 18.2. The first-order valence-corrected chi connectivity index (χ1v) is 8.79. The molecule has 0 unspecified atom stereocenters. The van der Waals surface area contributed by atoms with Gasteiger partial charge in [-0.1, -0.05) is 32.9 Å². The summed E-state index contributed by atoms with van der Waals surface area (Å²) in [4.78, 5) is 22.3. The molecule has 0 atom stereocenters. The van der Waals surface area contributed by atoms with Gasteiger partial charge in [0, 0.05) is 24.9 Å². The number of hydrogen-bond donors (Lipinski definition) is 1. The van der Waals surface area contributed by atoms with E-state index >= 15 is 0 Å². The van der Waals surface area contributed by atoms with Gasteiger partial charge in [-0.25, -0.2) is 4.98 Å². The predicted octanol–water partition coefficient (Wildman–Crippen LogP) is 3.08. The first-order chi connectivity index (χ1) is 11.8. The standard InChI is InChI=1S/C20H27N3O2/c1-13-7-6-8-17(14(13)2)25-12-23-10-9-16-15(11-23)18(24)22-19(21-16)20(3,4)5/h6-8H,9-12H2,1-5H3,(H,21,22,24). The van der Waals surface area contributed by atoms with Crippen molar-refractivity contribution in [2.75, 3.05) is 13.3 Å². The quantitative estimate of drug-likeness (QED) is 0.932. The average molecular weight is 341 g/mol. The van der Waals surface area contributed by atoms with E-state index in [1.807, 2.05) is 12.1 Å². The molecule has 5 heteroatoms. The van der Waals surface area contributed by atoms with Crippen molar-refractivity contribution in [3.8, 4) is 5.75 Å². The van der Waals surface area contributed by atoms with Crippen molar-refractivity contribution in [2.24, 2.45) is 0 Å². The van der Waals surface area contributed by atoms with Crippen molar-refractivity contribution in [3.05, 3.63) is 56.8 Å². The highest BCUT2D eigenvalue weighted by Crippen LogP contribution is 2.23. The lowest BCUT2D eigenvalue weighted by Crippen LogP contribution is -2.39. The fourth-order valence-electron chi connectivity index (χ4n) is 2.99. The summed E-state index contributed by atoms with van der Waals surface area (Å²) in [5.74, 6) is 1.66. The van der Waals surface area contributed by atoms with E-state index < -0.39 is 0 Å². The number of aromatic nitrogens is 2. The Morgan fingerprint density at radius 2 is 2.04 bits per heavy atom. The Bertz CT molecular complexity index is 834. The highest BCUT2D eigenvalue weighted by Gasteiger charge is 2.25. The summed E-state index contributed by atoms with van der Waals surface area (Å²) in [7, 11) is 0. The third-order valence-electron chi connectivity index (χ3n) is 4.82. The number of ether oxygens (including phenoxy) is 1. The first-order valence-electron chi connectivity index (χ1n) is 8.79. The Morgan fingerprint density at radius 3 is 2.76 bits per heavy atom. The molecule has 0 spiro atoms. The summed E-state index contributed by atoms with van der Waals surface area (Å²) in [6.45, 7) is 12.2. The monoisotopic (exact) mass is 341 g/mol. The first kappa shape index (κ1) is 17.7. The number of rotatable bonds is 3. The van der Waals surface area contributed by atoms with Gasteiger partial charge in [0.2, 0.25) is 0 Å². The van der Waals surface area contributed by atoms with Crippen LogP contribution in [-0.2, 0) is 18.4 Å². The second-order valence-electron chi connectivity index (χ2n) is 7.86. The lowest BCUT2D eigenvalue weighted by Gasteiger charge is -2.29. The number of benzene rings is 1. The fourth-order valence-corrected chi connectivity index (χ4v) is 2.99. The van der Waals surface area contributed by atoms with Crippen molar-refractivity contribution < 1.29 is 4.74 Å². The lowest BCUT2D eigenvalue weighted by atomic mass is 9.95. The molecule has 1 N–H and O–H groups in total. The molecular formula is C20H27N3O2.